The Labute approximate surface area is 257 Å². The van der Waals surface area contributed by atoms with E-state index in [0.29, 0.717) is 11.2 Å². The molecular formula is C20H25N10O10P2S2+. The smallest absolute Gasteiger partial charge is 0.394 e. The Kier molecular flexibility index (Phi) is 8.69. The Morgan fingerprint density at radius 3 is 2.66 bits per heavy atom. The number of ether oxygens (including phenoxy) is 2. The van der Waals surface area contributed by atoms with Crippen molar-refractivity contribution in [1.82, 2.24) is 39.0 Å². The average Bonchev–Trinajstić information content (AvgIpc) is 3.73. The third-order valence-corrected chi connectivity index (χ3v) is 9.27. The number of thiol groups is 1. The van der Waals surface area contributed by atoms with Gasteiger partial charge in [0.1, 0.15) is 60.8 Å². The van der Waals surface area contributed by atoms with Crippen LogP contribution in [0.25, 0.3) is 22.3 Å². The number of hydrogen-bond acceptors (Lipinski definition) is 17. The number of nitrogens with two attached hydrogens (primary N) is 2. The molecule has 0 saturated carbocycles. The number of fused-ring (bicyclic) bond motifs is 2. The van der Waals surface area contributed by atoms with Crippen molar-refractivity contribution in [2.75, 3.05) is 24.7 Å². The van der Waals surface area contributed by atoms with Gasteiger partial charge in [0, 0.05) is 6.42 Å². The molecule has 0 spiro atoms. The van der Waals surface area contributed by atoms with E-state index in [9.17, 15) is 24.5 Å². The van der Waals surface area contributed by atoms with E-state index < -0.39 is 75.7 Å². The number of nitrogens with zero attached hydrogens (tertiary/aromatic N) is 7. The van der Waals surface area contributed by atoms with Gasteiger partial charge >= 0.3 is 13.9 Å². The third kappa shape index (κ3) is 5.96. The van der Waals surface area contributed by atoms with Crippen molar-refractivity contribution in [2.24, 2.45) is 0 Å². The summed E-state index contributed by atoms with van der Waals surface area (Å²) in [5.41, 5.74) is 11.6. The Balaban J connectivity index is 1.20. The molecule has 4 aromatic heterocycles. The first-order chi connectivity index (χ1) is 21.0. The zero-order valence-corrected chi connectivity index (χ0v) is 25.6. The molecule has 8 N–H and O–H groups in total. The van der Waals surface area contributed by atoms with E-state index in [1.165, 1.54) is 23.5 Å². The highest BCUT2D eigenvalue weighted by Gasteiger charge is 2.49. The molecule has 236 valence electrons. The first kappa shape index (κ1) is 31.3. The van der Waals surface area contributed by atoms with Gasteiger partial charge in [0.2, 0.25) is 5.95 Å². The summed E-state index contributed by atoms with van der Waals surface area (Å²) in [5.74, 6) is -0.0330. The summed E-state index contributed by atoms with van der Waals surface area (Å²) in [6.07, 6.45) is -3.72. The lowest BCUT2D eigenvalue weighted by Gasteiger charge is -2.27. The average molecular weight is 692 g/mol. The lowest BCUT2D eigenvalue weighted by Crippen LogP contribution is -2.35. The van der Waals surface area contributed by atoms with Crippen LogP contribution < -0.4 is 17.0 Å². The molecule has 2 unspecified atom stereocenters. The Morgan fingerprint density at radius 1 is 1.16 bits per heavy atom. The zero-order chi connectivity index (χ0) is 31.3. The molecule has 2 aliphatic heterocycles. The highest BCUT2D eigenvalue weighted by atomic mass is 32.7. The number of aromatic nitrogens is 8. The number of aliphatic hydroxyl groups is 2. The quantitative estimate of drug-likeness (QED) is 0.0795. The summed E-state index contributed by atoms with van der Waals surface area (Å²) >= 11 is 9.08. The molecule has 0 aromatic carbocycles. The number of aliphatic hydroxyl groups excluding tert-OH is 2. The monoisotopic (exact) mass is 691 g/mol. The standard InChI is InChI=1S/C20H24N10O10P2S2/c21-15-11-16(24-4-23-15)29(5-25-11)10-1-7(39-41(34)43)9(37-10)3-36-42(35,44)40-14-13(32)8(2-31)38-19(14)30-6-26-12-17(30)27-20(22)28-18(12)33/h4-10,13-14,19,31-32H,1-3H2,(H6-,21,22,23,24,27,28,33,34,35,43,44)/p+1/t7-,8-,9-,10-,13+,14+,19-,42?/m1/s1. The molecule has 2 fully saturated rings. The van der Waals surface area contributed by atoms with Gasteiger partial charge in [-0.25, -0.2) is 19.9 Å². The second-order valence-electron chi connectivity index (χ2n) is 9.68. The zero-order valence-electron chi connectivity index (χ0n) is 22.1. The highest BCUT2D eigenvalue weighted by molar-refractivity contribution is 8.39. The van der Waals surface area contributed by atoms with E-state index in [0.717, 1.165) is 0 Å². The number of nitrogens with one attached hydrogen (secondary N) is 1. The van der Waals surface area contributed by atoms with Crippen molar-refractivity contribution in [3.05, 3.63) is 29.3 Å². The topological polar surface area (TPSA) is 283 Å². The van der Waals surface area contributed by atoms with Crippen molar-refractivity contribution in [3.63, 3.8) is 0 Å². The summed E-state index contributed by atoms with van der Waals surface area (Å²) in [7, 11) is -2.36. The number of imidazole rings is 2. The molecule has 4 aromatic rings. The fourth-order valence-electron chi connectivity index (χ4n) is 5.02. The van der Waals surface area contributed by atoms with Crippen LogP contribution in [0, 0.1) is 0 Å². The molecule has 6 rings (SSSR count). The first-order valence-corrected chi connectivity index (χ1v) is 17.6. The van der Waals surface area contributed by atoms with Crippen molar-refractivity contribution in [2.45, 2.75) is 49.4 Å². The van der Waals surface area contributed by atoms with Crippen LogP contribution in [0.3, 0.4) is 0 Å². The maximum Gasteiger partial charge on any atom is 0.582 e. The summed E-state index contributed by atoms with van der Waals surface area (Å²) < 4.78 is 43.3. The van der Waals surface area contributed by atoms with Crippen LogP contribution in [-0.2, 0) is 39.4 Å². The molecule has 9 atom stereocenters. The Hall–Kier alpha value is -2.72. The molecular weight excluding hydrogens is 666 g/mol. The number of H-pyrrole nitrogens is 1. The highest BCUT2D eigenvalue weighted by Crippen LogP contribution is 2.51. The van der Waals surface area contributed by atoms with Crippen molar-refractivity contribution >= 4 is 72.1 Å². The summed E-state index contributed by atoms with van der Waals surface area (Å²) in [5, 5.41) is 20.6. The van der Waals surface area contributed by atoms with Crippen LogP contribution in [-0.4, -0.2) is 97.9 Å². The van der Waals surface area contributed by atoms with Gasteiger partial charge in [-0.2, -0.15) is 4.98 Å². The summed E-state index contributed by atoms with van der Waals surface area (Å²) in [4.78, 5) is 46.0. The predicted molar refractivity (Wildman–Crippen MR) is 157 cm³/mol. The predicted octanol–water partition coefficient (Wildman–Crippen LogP) is -0.747. The minimum atomic E-state index is -4.19. The van der Waals surface area contributed by atoms with E-state index in [1.54, 1.807) is 4.57 Å². The van der Waals surface area contributed by atoms with E-state index >= 15 is 0 Å². The molecule has 0 aliphatic carbocycles. The number of nitrogen functional groups attached to an aromatic ring is 2. The van der Waals surface area contributed by atoms with E-state index in [-0.39, 0.29) is 29.4 Å². The largest absolute Gasteiger partial charge is 0.582 e. The van der Waals surface area contributed by atoms with Crippen molar-refractivity contribution < 1.29 is 42.7 Å². The molecule has 44 heavy (non-hydrogen) atoms. The van der Waals surface area contributed by atoms with Gasteiger partial charge in [0.15, 0.2) is 28.9 Å². The molecule has 2 saturated heterocycles. The van der Waals surface area contributed by atoms with Gasteiger partial charge in [0.05, 0.1) is 25.9 Å². The number of anilines is 2. The molecule has 2 aliphatic rings. The van der Waals surface area contributed by atoms with Crippen molar-refractivity contribution in [1.29, 1.82) is 0 Å². The SMILES string of the molecule is Nc1nc2c(ncn2[C@@H]2O[C@H](CO)[C@H](O)[C@@H]2OP(O)(=S)OC[C@H]2O[C@@H](n3cnc4c(N)ncnc43)C[C@H]2O[P+](=O)S)c(=O)[nH]1. The number of rotatable bonds is 10. The second kappa shape index (κ2) is 12.2. The fourth-order valence-corrected chi connectivity index (χ4v) is 7.25. The maximum atomic E-state index is 12.3. The van der Waals surface area contributed by atoms with Gasteiger partial charge in [0.25, 0.3) is 5.56 Å². The Morgan fingerprint density at radius 2 is 1.91 bits per heavy atom. The van der Waals surface area contributed by atoms with Crippen LogP contribution in [0.5, 0.6) is 0 Å². The second-order valence-corrected chi connectivity index (χ2v) is 14.1. The van der Waals surface area contributed by atoms with Gasteiger partial charge in [-0.05, 0) is 16.4 Å². The van der Waals surface area contributed by atoms with Gasteiger partial charge in [-0.15, -0.1) is 4.52 Å². The first-order valence-electron chi connectivity index (χ1n) is 12.7. The van der Waals surface area contributed by atoms with E-state index in [4.69, 9.17) is 46.3 Å². The van der Waals surface area contributed by atoms with Crippen molar-refractivity contribution in [3.8, 4) is 0 Å². The molecule has 0 radical (unpaired) electrons. The van der Waals surface area contributed by atoms with Gasteiger partial charge in [-0.1, -0.05) is 0 Å². The molecule has 0 amide bonds. The third-order valence-electron chi connectivity index (χ3n) is 6.98. The van der Waals surface area contributed by atoms with Crippen LogP contribution in [0.15, 0.2) is 23.8 Å². The number of aromatic amines is 1. The normalized spacial score (nSPS) is 29.0. The molecule has 24 heteroatoms. The Bertz CT molecular complexity index is 1820. The molecule has 6 heterocycles. The lowest BCUT2D eigenvalue weighted by molar-refractivity contribution is -0.0534. The minimum Gasteiger partial charge on any atom is -0.394 e. The summed E-state index contributed by atoms with van der Waals surface area (Å²) in [6.45, 7) is -5.20. The van der Waals surface area contributed by atoms with Crippen LogP contribution in [0.4, 0.5) is 11.8 Å². The van der Waals surface area contributed by atoms with Gasteiger partial charge < -0.3 is 40.6 Å². The fraction of sp³-hybridized carbons (Fsp3) is 0.500. The molecule has 20 nitrogen and oxygen atoms in total. The van der Waals surface area contributed by atoms with Crippen LogP contribution in [0.2, 0.25) is 0 Å². The number of hydrogen-bond donors (Lipinski definition) is 7. The van der Waals surface area contributed by atoms with Crippen LogP contribution >= 0.6 is 26.2 Å². The van der Waals surface area contributed by atoms with Gasteiger partial charge in [-0.3, -0.25) is 23.4 Å². The van der Waals surface area contributed by atoms with E-state index in [2.05, 4.69) is 42.2 Å². The van der Waals surface area contributed by atoms with Crippen LogP contribution in [0.1, 0.15) is 18.9 Å². The molecule has 0 bridgehead atoms. The maximum absolute atomic E-state index is 12.3. The lowest BCUT2D eigenvalue weighted by atomic mass is 10.1. The minimum absolute atomic E-state index is 0.00638. The summed E-state index contributed by atoms with van der Waals surface area (Å²) in [6, 6.07) is 0. The van der Waals surface area contributed by atoms with E-state index in [1.807, 2.05) is 0 Å².